The Labute approximate surface area is 92.1 Å². The molecule has 0 bridgehead atoms. The van der Waals surface area contributed by atoms with E-state index in [1.165, 1.54) is 43.4 Å². The van der Waals surface area contributed by atoms with Crippen LogP contribution in [-0.4, -0.2) is 6.04 Å². The van der Waals surface area contributed by atoms with E-state index in [9.17, 15) is 0 Å². The van der Waals surface area contributed by atoms with Gasteiger partial charge in [-0.1, -0.05) is 38.0 Å². The van der Waals surface area contributed by atoms with Gasteiger partial charge in [-0.25, -0.2) is 5.84 Å². The summed E-state index contributed by atoms with van der Waals surface area (Å²) in [6.45, 7) is 2.23. The second-order valence-corrected chi connectivity index (χ2v) is 4.37. The second kappa shape index (κ2) is 4.67. The fraction of sp³-hybridized carbons (Fsp3) is 0.538. The van der Waals surface area contributed by atoms with Crippen molar-refractivity contribution >= 4 is 5.69 Å². The van der Waals surface area contributed by atoms with Crippen LogP contribution < -0.4 is 10.9 Å². The van der Waals surface area contributed by atoms with Gasteiger partial charge in [0.05, 0.1) is 5.69 Å². The van der Waals surface area contributed by atoms with Gasteiger partial charge in [0.2, 0.25) is 0 Å². The number of fused-ring (bicyclic) bond motifs is 1. The van der Waals surface area contributed by atoms with Crippen molar-refractivity contribution in [2.75, 3.05) is 5.01 Å². The van der Waals surface area contributed by atoms with Crippen molar-refractivity contribution < 1.29 is 0 Å². The summed E-state index contributed by atoms with van der Waals surface area (Å²) < 4.78 is 0. The number of nitrogens with two attached hydrogens (primary N) is 1. The molecule has 82 valence electrons. The van der Waals surface area contributed by atoms with Crippen LogP contribution >= 0.6 is 0 Å². The molecule has 0 radical (unpaired) electrons. The second-order valence-electron chi connectivity index (χ2n) is 4.37. The van der Waals surface area contributed by atoms with E-state index in [1.54, 1.807) is 0 Å². The van der Waals surface area contributed by atoms with Crippen LogP contribution in [0.4, 0.5) is 5.69 Å². The predicted molar refractivity (Wildman–Crippen MR) is 64.7 cm³/mol. The molecule has 0 fully saturated rings. The van der Waals surface area contributed by atoms with Crippen molar-refractivity contribution in [2.45, 2.75) is 45.1 Å². The lowest BCUT2D eigenvalue weighted by Gasteiger charge is -2.35. The molecular formula is C13H20N2. The zero-order valence-electron chi connectivity index (χ0n) is 9.45. The van der Waals surface area contributed by atoms with E-state index in [0.717, 1.165) is 0 Å². The van der Waals surface area contributed by atoms with Crippen molar-refractivity contribution in [3.05, 3.63) is 29.8 Å². The van der Waals surface area contributed by atoms with Gasteiger partial charge in [-0.2, -0.15) is 0 Å². The van der Waals surface area contributed by atoms with Gasteiger partial charge in [-0.05, 0) is 30.9 Å². The minimum absolute atomic E-state index is 0.542. The van der Waals surface area contributed by atoms with Crippen LogP contribution in [-0.2, 0) is 6.42 Å². The molecule has 0 aliphatic carbocycles. The van der Waals surface area contributed by atoms with E-state index < -0.39 is 0 Å². The molecule has 0 saturated carbocycles. The maximum absolute atomic E-state index is 6.16. The fourth-order valence-corrected chi connectivity index (χ4v) is 2.36. The Balaban J connectivity index is 2.11. The normalized spacial score (nSPS) is 20.1. The fourth-order valence-electron chi connectivity index (χ4n) is 2.36. The monoisotopic (exact) mass is 204 g/mol. The third kappa shape index (κ3) is 2.15. The molecule has 2 rings (SSSR count). The molecule has 0 saturated heterocycles. The lowest BCUT2D eigenvalue weighted by atomic mass is 9.94. The summed E-state index contributed by atoms with van der Waals surface area (Å²) in [6, 6.07) is 9.03. The minimum Gasteiger partial charge on any atom is -0.308 e. The Kier molecular flexibility index (Phi) is 3.27. The summed E-state index contributed by atoms with van der Waals surface area (Å²) >= 11 is 0. The van der Waals surface area contributed by atoms with Gasteiger partial charge >= 0.3 is 0 Å². The first-order valence-corrected chi connectivity index (χ1v) is 5.94. The number of unbranched alkanes of at least 4 members (excludes halogenated alkanes) is 1. The average Bonchev–Trinajstić information content (AvgIpc) is 2.29. The molecule has 2 nitrogen and oxygen atoms in total. The van der Waals surface area contributed by atoms with E-state index in [4.69, 9.17) is 5.84 Å². The van der Waals surface area contributed by atoms with E-state index in [2.05, 4.69) is 31.2 Å². The average molecular weight is 204 g/mol. The Morgan fingerprint density at radius 1 is 1.40 bits per heavy atom. The van der Waals surface area contributed by atoms with Crippen LogP contribution in [0.15, 0.2) is 24.3 Å². The molecule has 0 unspecified atom stereocenters. The SMILES string of the molecule is CCCC[C@@H]1CCc2ccccc2N1N. The van der Waals surface area contributed by atoms with Gasteiger partial charge in [0.1, 0.15) is 0 Å². The topological polar surface area (TPSA) is 29.3 Å². The molecule has 1 aromatic carbocycles. The molecule has 0 spiro atoms. The molecule has 1 aromatic rings. The predicted octanol–water partition coefficient (Wildman–Crippen LogP) is 2.87. The Morgan fingerprint density at radius 2 is 2.20 bits per heavy atom. The van der Waals surface area contributed by atoms with Crippen LogP contribution in [0.1, 0.15) is 38.2 Å². The summed E-state index contributed by atoms with van der Waals surface area (Å²) in [5, 5.41) is 1.98. The zero-order chi connectivity index (χ0) is 10.7. The van der Waals surface area contributed by atoms with Crippen LogP contribution in [0.25, 0.3) is 0 Å². The highest BCUT2D eigenvalue weighted by atomic mass is 15.4. The van der Waals surface area contributed by atoms with E-state index in [0.29, 0.717) is 6.04 Å². The summed E-state index contributed by atoms with van der Waals surface area (Å²) in [4.78, 5) is 0. The van der Waals surface area contributed by atoms with E-state index in [1.807, 2.05) is 5.01 Å². The first-order valence-electron chi connectivity index (χ1n) is 5.94. The molecule has 15 heavy (non-hydrogen) atoms. The molecular weight excluding hydrogens is 184 g/mol. The van der Waals surface area contributed by atoms with E-state index in [-0.39, 0.29) is 0 Å². The molecule has 1 aliphatic heterocycles. The molecule has 2 heteroatoms. The molecule has 2 N–H and O–H groups in total. The number of benzene rings is 1. The smallest absolute Gasteiger partial charge is 0.0552 e. The standard InChI is InChI=1S/C13H20N2/c1-2-3-7-12-10-9-11-6-4-5-8-13(11)15(12)14/h4-6,8,12H,2-3,7,9-10,14H2,1H3/t12-/m1/s1. The van der Waals surface area contributed by atoms with E-state index >= 15 is 0 Å². The van der Waals surface area contributed by atoms with Crippen molar-refractivity contribution in [1.29, 1.82) is 0 Å². The quantitative estimate of drug-likeness (QED) is 0.767. The molecule has 1 atom stereocenters. The Morgan fingerprint density at radius 3 is 3.00 bits per heavy atom. The maximum Gasteiger partial charge on any atom is 0.0552 e. The summed E-state index contributed by atoms with van der Waals surface area (Å²) in [5.41, 5.74) is 2.62. The number of hydrogen-bond acceptors (Lipinski definition) is 2. The number of hydrogen-bond donors (Lipinski definition) is 1. The molecule has 0 amide bonds. The van der Waals surface area contributed by atoms with Gasteiger partial charge in [0.25, 0.3) is 0 Å². The third-order valence-corrected chi connectivity index (χ3v) is 3.30. The van der Waals surface area contributed by atoms with Gasteiger partial charge in [-0.15, -0.1) is 0 Å². The highest BCUT2D eigenvalue weighted by molar-refractivity contribution is 5.55. The summed E-state index contributed by atoms with van der Waals surface area (Å²) in [6.07, 6.45) is 6.14. The van der Waals surface area contributed by atoms with Crippen LogP contribution in [0, 0.1) is 0 Å². The Bertz CT molecular complexity index is 322. The minimum atomic E-state index is 0.542. The first kappa shape index (κ1) is 10.5. The lowest BCUT2D eigenvalue weighted by molar-refractivity contribution is 0.485. The molecule has 1 heterocycles. The third-order valence-electron chi connectivity index (χ3n) is 3.30. The highest BCUT2D eigenvalue weighted by Gasteiger charge is 2.22. The first-order chi connectivity index (χ1) is 7.33. The summed E-state index contributed by atoms with van der Waals surface area (Å²) in [5.74, 6) is 6.16. The summed E-state index contributed by atoms with van der Waals surface area (Å²) in [7, 11) is 0. The molecule has 1 aliphatic rings. The van der Waals surface area contributed by atoms with Gasteiger partial charge in [0, 0.05) is 6.04 Å². The van der Waals surface area contributed by atoms with Crippen molar-refractivity contribution in [1.82, 2.24) is 0 Å². The van der Waals surface area contributed by atoms with Crippen molar-refractivity contribution in [3.63, 3.8) is 0 Å². The van der Waals surface area contributed by atoms with Gasteiger partial charge in [-0.3, -0.25) is 0 Å². The number of nitrogens with zero attached hydrogens (tertiary/aromatic N) is 1. The number of para-hydroxylation sites is 1. The Hall–Kier alpha value is -1.02. The maximum atomic E-state index is 6.16. The highest BCUT2D eigenvalue weighted by Crippen LogP contribution is 2.29. The van der Waals surface area contributed by atoms with Gasteiger partial charge in [0.15, 0.2) is 0 Å². The van der Waals surface area contributed by atoms with Crippen LogP contribution in [0.3, 0.4) is 0 Å². The van der Waals surface area contributed by atoms with Crippen molar-refractivity contribution in [3.8, 4) is 0 Å². The molecule has 0 aromatic heterocycles. The number of hydrazine groups is 1. The lowest BCUT2D eigenvalue weighted by Crippen LogP contribution is -2.44. The number of anilines is 1. The van der Waals surface area contributed by atoms with Gasteiger partial charge < -0.3 is 5.01 Å². The largest absolute Gasteiger partial charge is 0.308 e. The van der Waals surface area contributed by atoms with Crippen molar-refractivity contribution in [2.24, 2.45) is 5.84 Å². The number of rotatable bonds is 3. The zero-order valence-corrected chi connectivity index (χ0v) is 9.45. The number of aryl methyl sites for hydroxylation is 1. The van der Waals surface area contributed by atoms with Crippen LogP contribution in [0.5, 0.6) is 0 Å². The van der Waals surface area contributed by atoms with Crippen LogP contribution in [0.2, 0.25) is 0 Å².